The van der Waals surface area contributed by atoms with Gasteiger partial charge in [-0.05, 0) is 48.5 Å². The third-order valence-electron chi connectivity index (χ3n) is 6.71. The first kappa shape index (κ1) is 27.9. The van der Waals surface area contributed by atoms with Crippen LogP contribution in [0.4, 0.5) is 24.7 Å². The first-order chi connectivity index (χ1) is 19.2. The number of fused-ring (bicyclic) bond motifs is 1. The second-order valence-corrected chi connectivity index (χ2v) is 9.87. The number of halogens is 4. The lowest BCUT2D eigenvalue weighted by Gasteiger charge is -2.34. The van der Waals surface area contributed by atoms with E-state index in [1.807, 2.05) is 0 Å². The van der Waals surface area contributed by atoms with Crippen molar-refractivity contribution >= 4 is 29.0 Å². The number of amides is 1. The van der Waals surface area contributed by atoms with Gasteiger partial charge in [-0.15, -0.1) is 0 Å². The van der Waals surface area contributed by atoms with Crippen molar-refractivity contribution in [1.29, 1.82) is 0 Å². The Hall–Kier alpha value is -3.61. The van der Waals surface area contributed by atoms with Crippen molar-refractivity contribution in [3.05, 3.63) is 64.4 Å². The molecule has 13 heteroatoms. The van der Waals surface area contributed by atoms with Crippen LogP contribution >= 0.6 is 11.6 Å². The number of anilines is 2. The summed E-state index contributed by atoms with van der Waals surface area (Å²) in [7, 11) is 0. The van der Waals surface area contributed by atoms with Crippen molar-refractivity contribution in [3.63, 3.8) is 0 Å². The molecule has 5 rings (SSSR count). The third kappa shape index (κ3) is 6.57. The molecule has 2 aliphatic heterocycles. The molecular weight excluding hydrogens is 549 g/mol. The number of carbonyl (C=O) groups excluding carboxylic acids is 1. The lowest BCUT2D eigenvalue weighted by molar-refractivity contribution is -0.137. The first-order valence-electron chi connectivity index (χ1n) is 12.9. The highest BCUT2D eigenvalue weighted by Crippen LogP contribution is 2.38. The van der Waals surface area contributed by atoms with Crippen LogP contribution < -0.4 is 20.1 Å². The molecule has 40 heavy (non-hydrogen) atoms. The number of benzene rings is 2. The van der Waals surface area contributed by atoms with Crippen molar-refractivity contribution in [2.24, 2.45) is 0 Å². The van der Waals surface area contributed by atoms with Crippen molar-refractivity contribution in [1.82, 2.24) is 19.8 Å². The molecule has 0 bridgehead atoms. The summed E-state index contributed by atoms with van der Waals surface area (Å²) in [4.78, 5) is 25.7. The van der Waals surface area contributed by atoms with Crippen LogP contribution in [0.5, 0.6) is 17.4 Å². The second-order valence-electron chi connectivity index (χ2n) is 9.46. The fraction of sp³-hybridized carbons (Fsp3) is 0.370. The average molecular weight is 577 g/mol. The standard InChI is InChI=1S/C27H28ClF3N6O3/c1-2-36-6-8-37(9-7-36)15-17-11-19(27(29,30)31)14-20(12-17)35-25(38)18-3-4-21(28)22(13-18)40-26-23-24(33-16-34-26)32-5-10-39-23/h3-4,11-14,16H,2,5-10,15H2,1H3,(H,35,38)(H,32,33,34). The van der Waals surface area contributed by atoms with Gasteiger partial charge in [-0.1, -0.05) is 18.5 Å². The largest absolute Gasteiger partial charge is 0.483 e. The van der Waals surface area contributed by atoms with E-state index in [1.54, 1.807) is 6.07 Å². The molecule has 0 atom stereocenters. The molecule has 0 radical (unpaired) electrons. The van der Waals surface area contributed by atoms with Gasteiger partial charge in [0.1, 0.15) is 18.7 Å². The Morgan fingerprint density at radius 1 is 1.12 bits per heavy atom. The van der Waals surface area contributed by atoms with E-state index in [2.05, 4.69) is 37.3 Å². The Morgan fingerprint density at radius 2 is 1.90 bits per heavy atom. The fourth-order valence-electron chi connectivity index (χ4n) is 4.58. The zero-order valence-electron chi connectivity index (χ0n) is 21.7. The number of aromatic nitrogens is 2. The minimum Gasteiger partial charge on any atom is -0.483 e. The topological polar surface area (TPSA) is 91.9 Å². The zero-order valence-corrected chi connectivity index (χ0v) is 22.5. The Morgan fingerprint density at radius 3 is 2.65 bits per heavy atom. The average Bonchev–Trinajstić information content (AvgIpc) is 2.94. The van der Waals surface area contributed by atoms with E-state index in [1.165, 1.54) is 24.5 Å². The molecule has 1 fully saturated rings. The van der Waals surface area contributed by atoms with Gasteiger partial charge in [-0.2, -0.15) is 18.2 Å². The monoisotopic (exact) mass is 576 g/mol. The highest BCUT2D eigenvalue weighted by Gasteiger charge is 2.32. The van der Waals surface area contributed by atoms with Crippen LogP contribution in [0.15, 0.2) is 42.7 Å². The molecule has 1 saturated heterocycles. The van der Waals surface area contributed by atoms with Gasteiger partial charge in [0.05, 0.1) is 17.1 Å². The number of rotatable bonds is 7. The lowest BCUT2D eigenvalue weighted by atomic mass is 10.1. The molecule has 9 nitrogen and oxygen atoms in total. The maximum Gasteiger partial charge on any atom is 0.416 e. The molecule has 0 spiro atoms. The maximum atomic E-state index is 13.7. The molecule has 2 aliphatic rings. The summed E-state index contributed by atoms with van der Waals surface area (Å²) >= 11 is 6.31. The highest BCUT2D eigenvalue weighted by atomic mass is 35.5. The highest BCUT2D eigenvalue weighted by molar-refractivity contribution is 6.32. The fourth-order valence-corrected chi connectivity index (χ4v) is 4.74. The van der Waals surface area contributed by atoms with Gasteiger partial charge in [0.25, 0.3) is 11.8 Å². The summed E-state index contributed by atoms with van der Waals surface area (Å²) in [5, 5.41) is 5.88. The number of nitrogens with zero attached hydrogens (tertiary/aromatic N) is 4. The van der Waals surface area contributed by atoms with Crippen molar-refractivity contribution in [3.8, 4) is 17.4 Å². The normalized spacial score (nSPS) is 16.0. The van der Waals surface area contributed by atoms with Crippen LogP contribution in [-0.4, -0.2) is 71.6 Å². The van der Waals surface area contributed by atoms with E-state index in [-0.39, 0.29) is 27.9 Å². The van der Waals surface area contributed by atoms with Gasteiger partial charge in [-0.3, -0.25) is 9.69 Å². The summed E-state index contributed by atoms with van der Waals surface area (Å²) in [6.07, 6.45) is -3.26. The first-order valence-corrected chi connectivity index (χ1v) is 13.2. The second kappa shape index (κ2) is 11.9. The summed E-state index contributed by atoms with van der Waals surface area (Å²) in [5.74, 6) is 0.395. The van der Waals surface area contributed by atoms with Crippen molar-refractivity contribution < 1.29 is 27.4 Å². The number of alkyl halides is 3. The van der Waals surface area contributed by atoms with E-state index in [4.69, 9.17) is 21.1 Å². The van der Waals surface area contributed by atoms with Gasteiger partial charge in [0.2, 0.25) is 5.75 Å². The quantitative estimate of drug-likeness (QED) is 0.400. The molecular formula is C27H28ClF3N6O3. The van der Waals surface area contributed by atoms with Crippen LogP contribution in [0, 0.1) is 0 Å². The van der Waals surface area contributed by atoms with Gasteiger partial charge in [0.15, 0.2) is 5.82 Å². The zero-order chi connectivity index (χ0) is 28.3. The number of likely N-dealkylation sites (N-methyl/N-ethyl adjacent to an activating group) is 1. The molecule has 3 heterocycles. The lowest BCUT2D eigenvalue weighted by Crippen LogP contribution is -2.45. The molecule has 0 aliphatic carbocycles. The predicted molar refractivity (Wildman–Crippen MR) is 144 cm³/mol. The number of nitrogens with one attached hydrogen (secondary N) is 2. The number of carbonyl (C=O) groups is 1. The van der Waals surface area contributed by atoms with Crippen molar-refractivity contribution in [2.45, 2.75) is 19.6 Å². The van der Waals surface area contributed by atoms with Crippen molar-refractivity contribution in [2.75, 3.05) is 56.5 Å². The molecule has 212 valence electrons. The van der Waals surface area contributed by atoms with Crippen LogP contribution in [0.25, 0.3) is 0 Å². The predicted octanol–water partition coefficient (Wildman–Crippen LogP) is 5.14. The van der Waals surface area contributed by atoms with Crippen LogP contribution in [0.3, 0.4) is 0 Å². The van der Waals surface area contributed by atoms with E-state index < -0.39 is 17.6 Å². The van der Waals surface area contributed by atoms with Crippen LogP contribution in [0.1, 0.15) is 28.4 Å². The molecule has 3 aromatic rings. The van der Waals surface area contributed by atoms with Gasteiger partial charge in [0, 0.05) is 44.0 Å². The maximum absolute atomic E-state index is 13.7. The van der Waals surface area contributed by atoms with Crippen LogP contribution in [0.2, 0.25) is 5.02 Å². The Bertz CT molecular complexity index is 1380. The molecule has 0 unspecified atom stereocenters. The van der Waals surface area contributed by atoms with E-state index >= 15 is 0 Å². The molecule has 1 amide bonds. The number of ether oxygens (including phenoxy) is 2. The van der Waals surface area contributed by atoms with E-state index in [9.17, 15) is 18.0 Å². The van der Waals surface area contributed by atoms with E-state index in [0.29, 0.717) is 36.8 Å². The van der Waals surface area contributed by atoms with Gasteiger partial charge in [-0.25, -0.2) is 4.98 Å². The number of hydrogen-bond donors (Lipinski definition) is 2. The third-order valence-corrected chi connectivity index (χ3v) is 7.02. The minimum absolute atomic E-state index is 0.0452. The summed E-state index contributed by atoms with van der Waals surface area (Å²) in [5.41, 5.74) is -0.174. The van der Waals surface area contributed by atoms with Gasteiger partial charge < -0.3 is 25.0 Å². The SMILES string of the molecule is CCN1CCN(Cc2cc(NC(=O)c3ccc(Cl)c(Oc4ncnc5c4OCCN5)c3)cc(C(F)(F)F)c2)CC1. The minimum atomic E-state index is -4.56. The smallest absolute Gasteiger partial charge is 0.416 e. The Kier molecular flexibility index (Phi) is 8.29. The number of hydrogen-bond acceptors (Lipinski definition) is 8. The summed E-state index contributed by atoms with van der Waals surface area (Å²) in [6.45, 7) is 7.59. The Labute approximate surface area is 234 Å². The van der Waals surface area contributed by atoms with Gasteiger partial charge >= 0.3 is 6.18 Å². The molecule has 2 N–H and O–H groups in total. The Balaban J connectivity index is 1.35. The summed E-state index contributed by atoms with van der Waals surface area (Å²) in [6, 6.07) is 7.96. The molecule has 1 aromatic heterocycles. The molecule has 2 aromatic carbocycles. The van der Waals surface area contributed by atoms with E-state index in [0.717, 1.165) is 44.9 Å². The van der Waals surface area contributed by atoms with Crippen LogP contribution in [-0.2, 0) is 12.7 Å². The number of piperazine rings is 1. The summed E-state index contributed by atoms with van der Waals surface area (Å²) < 4.78 is 52.6. The molecule has 0 saturated carbocycles.